The van der Waals surface area contributed by atoms with Crippen molar-refractivity contribution in [1.29, 1.82) is 0 Å². The fourth-order valence-corrected chi connectivity index (χ4v) is 8.88. The van der Waals surface area contributed by atoms with Gasteiger partial charge in [-0.25, -0.2) is 0 Å². The Balaban J connectivity index is 3.27. The molecule has 0 bridgehead atoms. The molecule has 0 heterocycles. The second-order valence-corrected chi connectivity index (χ2v) is 15.5. The molecule has 0 aliphatic heterocycles. The first-order valence-electron chi connectivity index (χ1n) is 13.6. The first-order chi connectivity index (χ1) is 17.5. The van der Waals surface area contributed by atoms with Gasteiger partial charge in [-0.1, -0.05) is 73.0 Å². The summed E-state index contributed by atoms with van der Waals surface area (Å²) in [7, 11) is -1.54. The van der Waals surface area contributed by atoms with Crippen LogP contribution in [0.25, 0.3) is 0 Å². The lowest BCUT2D eigenvalue weighted by atomic mass is 9.86. The molecule has 220 valence electrons. The van der Waals surface area contributed by atoms with Crippen molar-refractivity contribution in [2.75, 3.05) is 25.0 Å². The fraction of sp³-hybridized carbons (Fsp3) is 0.750. The summed E-state index contributed by atoms with van der Waals surface area (Å²) in [4.78, 5) is 0.215. The molecule has 1 atom stereocenters. The summed E-state index contributed by atoms with van der Waals surface area (Å²) in [5.74, 6) is 0. The lowest BCUT2D eigenvalue weighted by molar-refractivity contribution is -0.143. The van der Waals surface area contributed by atoms with Crippen LogP contribution in [0.4, 0.5) is 26.3 Å². The molecule has 0 amide bonds. The van der Waals surface area contributed by atoms with Crippen LogP contribution >= 0.6 is 19.3 Å². The van der Waals surface area contributed by atoms with Crippen LogP contribution in [0, 0.1) is 5.41 Å². The highest BCUT2D eigenvalue weighted by molar-refractivity contribution is 7.80. The number of nitrogens with zero attached hydrogens (tertiary/aromatic N) is 1. The molecule has 0 aromatic heterocycles. The molecule has 38 heavy (non-hydrogen) atoms. The highest BCUT2D eigenvalue weighted by Crippen LogP contribution is 2.52. The lowest BCUT2D eigenvalue weighted by Gasteiger charge is -2.33. The molecule has 0 aliphatic rings. The third-order valence-electron chi connectivity index (χ3n) is 6.74. The van der Waals surface area contributed by atoms with Gasteiger partial charge in [0.2, 0.25) is 0 Å². The zero-order chi connectivity index (χ0) is 29.2. The molecule has 1 aromatic carbocycles. The summed E-state index contributed by atoms with van der Waals surface area (Å²) >= 11 is 5.47. The van der Waals surface area contributed by atoms with Crippen LogP contribution in [0.2, 0.25) is 0 Å². The van der Waals surface area contributed by atoms with Crippen molar-refractivity contribution in [3.05, 3.63) is 34.9 Å². The lowest BCUT2D eigenvalue weighted by Crippen LogP contribution is -2.45. The van der Waals surface area contributed by atoms with Crippen LogP contribution in [0.1, 0.15) is 96.8 Å². The number of rotatable bonds is 14. The summed E-state index contributed by atoms with van der Waals surface area (Å²) < 4.78 is 85.1. The van der Waals surface area contributed by atoms with Gasteiger partial charge in [-0.2, -0.15) is 26.3 Å². The third kappa shape index (κ3) is 12.0. The summed E-state index contributed by atoms with van der Waals surface area (Å²) in [6.45, 7) is 13.2. The van der Waals surface area contributed by atoms with Gasteiger partial charge in [0.15, 0.2) is 0 Å². The van der Waals surface area contributed by atoms with E-state index in [1.807, 2.05) is 20.8 Å². The Labute approximate surface area is 230 Å². The van der Waals surface area contributed by atoms with Crippen molar-refractivity contribution >= 4 is 24.3 Å². The van der Waals surface area contributed by atoms with Crippen molar-refractivity contribution < 1.29 is 26.3 Å². The summed E-state index contributed by atoms with van der Waals surface area (Å²) in [6.07, 6.45) is 0.0963. The van der Waals surface area contributed by atoms with E-state index < -0.39 is 30.5 Å². The smallest absolute Gasteiger partial charge is 0.374 e. The van der Waals surface area contributed by atoms with Crippen LogP contribution in [0.5, 0.6) is 0 Å². The van der Waals surface area contributed by atoms with Crippen LogP contribution in [0.15, 0.2) is 22.9 Å². The molecule has 0 radical (unpaired) electrons. The largest absolute Gasteiger partial charge is 0.416 e. The van der Waals surface area contributed by atoms with Gasteiger partial charge < -0.3 is 10.1 Å². The third-order valence-corrected chi connectivity index (χ3v) is 11.2. The van der Waals surface area contributed by atoms with E-state index in [4.69, 9.17) is 17.0 Å². The zero-order valence-corrected chi connectivity index (χ0v) is 25.4. The number of halogens is 6. The highest BCUT2D eigenvalue weighted by Gasteiger charge is 2.37. The Morgan fingerprint density at radius 2 is 1.24 bits per heavy atom. The minimum Gasteiger partial charge on any atom is -0.374 e. The van der Waals surface area contributed by atoms with Gasteiger partial charge in [-0.15, -0.1) is 0 Å². The monoisotopic (exact) mass is 586 g/mol. The van der Waals surface area contributed by atoms with E-state index in [1.54, 1.807) is 0 Å². The van der Waals surface area contributed by atoms with Gasteiger partial charge in [-0.05, 0) is 74.0 Å². The molecule has 0 aliphatic carbocycles. The molecule has 10 heteroatoms. The molecule has 0 saturated carbocycles. The van der Waals surface area contributed by atoms with Gasteiger partial charge in [0.05, 0.1) is 28.7 Å². The first-order valence-corrected chi connectivity index (χ1v) is 16.3. The Hall–Kier alpha value is -1.08. The van der Waals surface area contributed by atoms with E-state index in [9.17, 15) is 26.3 Å². The first kappa shape index (κ1) is 34.9. The molecule has 0 saturated heterocycles. The van der Waals surface area contributed by atoms with Gasteiger partial charge in [0.25, 0.3) is 0 Å². The number of nitrogens with one attached hydrogen (secondary N) is 1. The van der Waals surface area contributed by atoms with Crippen LogP contribution in [0.3, 0.4) is 0 Å². The van der Waals surface area contributed by atoms with Crippen molar-refractivity contribution in [2.24, 2.45) is 10.2 Å². The number of alkyl halides is 6. The summed E-state index contributed by atoms with van der Waals surface area (Å²) in [5.41, 5.74) is -3.05. The maximum absolute atomic E-state index is 13.3. The molecule has 1 rings (SSSR count). The van der Waals surface area contributed by atoms with E-state index in [0.29, 0.717) is 6.54 Å². The Bertz CT molecular complexity index is 874. The number of hydrogen-bond donors (Lipinski definition) is 1. The Morgan fingerprint density at radius 1 is 0.816 bits per heavy atom. The second kappa shape index (κ2) is 15.1. The van der Waals surface area contributed by atoms with Gasteiger partial charge >= 0.3 is 12.4 Å². The van der Waals surface area contributed by atoms with Crippen LogP contribution < -0.4 is 5.32 Å². The van der Waals surface area contributed by atoms with E-state index in [0.717, 1.165) is 69.1 Å². The number of benzene rings is 1. The number of thiocarbonyl (C=S) groups is 1. The average molecular weight is 587 g/mol. The van der Waals surface area contributed by atoms with Crippen molar-refractivity contribution in [3.63, 3.8) is 0 Å². The van der Waals surface area contributed by atoms with Gasteiger partial charge in [0.1, 0.15) is 0 Å². The topological polar surface area (TPSA) is 24.4 Å². The van der Waals surface area contributed by atoms with Crippen molar-refractivity contribution in [2.45, 2.75) is 105 Å². The predicted molar refractivity (Wildman–Crippen MR) is 153 cm³/mol. The maximum Gasteiger partial charge on any atom is 0.416 e. The van der Waals surface area contributed by atoms with Crippen LogP contribution in [-0.4, -0.2) is 36.1 Å². The molecule has 0 fully saturated rings. The van der Waals surface area contributed by atoms with Crippen molar-refractivity contribution in [1.82, 2.24) is 5.32 Å². The van der Waals surface area contributed by atoms with E-state index >= 15 is 0 Å². The van der Waals surface area contributed by atoms with E-state index in [-0.39, 0.29) is 34.5 Å². The number of unbranched alkanes of at least 4 members (excludes halogenated alkanes) is 3. The molecular formula is C28H45F6N2PS. The Morgan fingerprint density at radius 3 is 1.58 bits per heavy atom. The fourth-order valence-electron chi connectivity index (χ4n) is 4.25. The normalized spacial score (nSPS) is 13.9. The zero-order valence-electron chi connectivity index (χ0n) is 23.7. The van der Waals surface area contributed by atoms with E-state index in [1.165, 1.54) is 0 Å². The minimum absolute atomic E-state index is 0.120. The SMILES string of the molecule is CCCCP(CCCC)(CCCC)=NC[C@@H](NC(=S)Cc1cc(C(F)(F)F)cc(C(F)(F)F)c1)C(C)(C)C. The standard InChI is InChI=1S/C28H45F6N2PS/c1-7-10-13-37(14-11-8-2,15-12-9-3)35-20-24(26(4,5)6)36-25(38)18-21-16-22(27(29,30)31)19-23(17-21)28(32,33)34/h16-17,19,24H,7-15,18,20H2,1-6H3,(H,36,38)/t24-/m1/s1. The Kier molecular flexibility index (Phi) is 13.9. The predicted octanol–water partition coefficient (Wildman–Crippen LogP) is 10.2. The quantitative estimate of drug-likeness (QED) is 0.133. The molecule has 0 spiro atoms. The minimum atomic E-state index is -4.89. The van der Waals surface area contributed by atoms with Crippen LogP contribution in [-0.2, 0) is 18.8 Å². The number of hydrogen-bond acceptors (Lipinski definition) is 2. The molecule has 0 unspecified atom stereocenters. The van der Waals surface area contributed by atoms with Gasteiger partial charge in [-0.3, -0.25) is 0 Å². The van der Waals surface area contributed by atoms with Crippen molar-refractivity contribution in [3.8, 4) is 0 Å². The molecule has 2 nitrogen and oxygen atoms in total. The average Bonchev–Trinajstić information content (AvgIpc) is 2.80. The molecular weight excluding hydrogens is 541 g/mol. The summed E-state index contributed by atoms with van der Waals surface area (Å²) in [6, 6.07) is 1.45. The maximum atomic E-state index is 13.3. The van der Waals surface area contributed by atoms with Gasteiger partial charge in [0, 0.05) is 6.42 Å². The molecule has 1 N–H and O–H groups in total. The second-order valence-electron chi connectivity index (χ2n) is 11.2. The molecule has 1 aromatic rings. The summed E-state index contributed by atoms with van der Waals surface area (Å²) in [5, 5.41) is 3.26. The highest BCUT2D eigenvalue weighted by atomic mass is 32.1. The van der Waals surface area contributed by atoms with E-state index in [2.05, 4.69) is 26.1 Å².